The summed E-state index contributed by atoms with van der Waals surface area (Å²) in [5.74, 6) is 0.831. The first-order chi connectivity index (χ1) is 9.04. The van der Waals surface area contributed by atoms with Crippen molar-refractivity contribution in [3.8, 4) is 0 Å². The van der Waals surface area contributed by atoms with Crippen LogP contribution >= 0.6 is 11.8 Å². The summed E-state index contributed by atoms with van der Waals surface area (Å²) in [6.45, 7) is 0.527. The second kappa shape index (κ2) is 8.07. The quantitative estimate of drug-likeness (QED) is 0.794. The summed E-state index contributed by atoms with van der Waals surface area (Å²) in [6.07, 6.45) is 2.73. The molecule has 0 spiro atoms. The van der Waals surface area contributed by atoms with Gasteiger partial charge in [-0.05, 0) is 36.1 Å². The van der Waals surface area contributed by atoms with Crippen LogP contribution in [0.3, 0.4) is 0 Å². The van der Waals surface area contributed by atoms with Crippen molar-refractivity contribution in [1.29, 1.82) is 0 Å². The minimum atomic E-state index is -0.409. The third-order valence-electron chi connectivity index (χ3n) is 2.89. The van der Waals surface area contributed by atoms with Crippen LogP contribution in [0.25, 0.3) is 0 Å². The van der Waals surface area contributed by atoms with Gasteiger partial charge in [0, 0.05) is 26.3 Å². The van der Waals surface area contributed by atoms with Gasteiger partial charge in [-0.2, -0.15) is 11.8 Å². The fourth-order valence-electron chi connectivity index (χ4n) is 1.61. The van der Waals surface area contributed by atoms with Gasteiger partial charge in [-0.25, -0.2) is 0 Å². The molecule has 0 saturated heterocycles. The van der Waals surface area contributed by atoms with Crippen LogP contribution in [-0.4, -0.2) is 38.1 Å². The maximum atomic E-state index is 11.7. The Bertz CT molecular complexity index is 392. The van der Waals surface area contributed by atoms with E-state index in [1.807, 2.05) is 49.5 Å². The van der Waals surface area contributed by atoms with Crippen LogP contribution in [0.5, 0.6) is 0 Å². The molecular weight excluding hydrogens is 258 g/mol. The van der Waals surface area contributed by atoms with Crippen molar-refractivity contribution in [2.45, 2.75) is 19.0 Å². The Kier molecular flexibility index (Phi) is 6.73. The number of benzene rings is 1. The highest BCUT2D eigenvalue weighted by Gasteiger charge is 2.12. The molecule has 0 radical (unpaired) electrons. The lowest BCUT2D eigenvalue weighted by Gasteiger charge is -2.14. The molecule has 0 aliphatic carbocycles. The molecule has 1 aromatic carbocycles. The first-order valence-electron chi connectivity index (χ1n) is 6.33. The molecule has 5 heteroatoms. The van der Waals surface area contributed by atoms with Gasteiger partial charge in [-0.1, -0.05) is 12.1 Å². The highest BCUT2D eigenvalue weighted by atomic mass is 32.2. The zero-order chi connectivity index (χ0) is 14.3. The lowest BCUT2D eigenvalue weighted by molar-refractivity contribution is -0.122. The first-order valence-corrected chi connectivity index (χ1v) is 7.72. The number of amides is 1. The predicted molar refractivity (Wildman–Crippen MR) is 83.6 cm³/mol. The van der Waals surface area contributed by atoms with Gasteiger partial charge in [0.15, 0.2) is 0 Å². The van der Waals surface area contributed by atoms with E-state index >= 15 is 0 Å². The Morgan fingerprint density at radius 1 is 1.37 bits per heavy atom. The van der Waals surface area contributed by atoms with Crippen LogP contribution in [0.2, 0.25) is 0 Å². The Balaban J connectivity index is 2.41. The summed E-state index contributed by atoms with van der Waals surface area (Å²) in [4.78, 5) is 13.8. The SMILES string of the molecule is CSCC[C@@H](N)C(=O)NCc1ccc(N(C)C)cc1. The molecule has 4 nitrogen and oxygen atoms in total. The molecule has 1 rings (SSSR count). The molecule has 0 bridgehead atoms. The second-order valence-corrected chi connectivity index (χ2v) is 5.65. The molecule has 1 amide bonds. The second-order valence-electron chi connectivity index (χ2n) is 4.67. The van der Waals surface area contributed by atoms with Crippen molar-refractivity contribution in [2.75, 3.05) is 31.0 Å². The summed E-state index contributed by atoms with van der Waals surface area (Å²) in [5, 5.41) is 2.87. The number of hydrogen-bond acceptors (Lipinski definition) is 4. The number of rotatable bonds is 7. The topological polar surface area (TPSA) is 58.4 Å². The number of hydrogen-bond donors (Lipinski definition) is 2. The summed E-state index contributed by atoms with van der Waals surface area (Å²) in [5.41, 5.74) is 8.02. The molecule has 0 heterocycles. The van der Waals surface area contributed by atoms with Gasteiger partial charge in [0.1, 0.15) is 0 Å². The third-order valence-corrected chi connectivity index (χ3v) is 3.53. The monoisotopic (exact) mass is 281 g/mol. The van der Waals surface area contributed by atoms with Crippen LogP contribution in [0.1, 0.15) is 12.0 Å². The first kappa shape index (κ1) is 15.9. The largest absolute Gasteiger partial charge is 0.378 e. The van der Waals surface area contributed by atoms with Gasteiger partial charge < -0.3 is 16.0 Å². The molecule has 0 aliphatic rings. The predicted octanol–water partition coefficient (Wildman–Crippen LogP) is 1.45. The molecule has 3 N–H and O–H groups in total. The van der Waals surface area contributed by atoms with Crippen molar-refractivity contribution >= 4 is 23.4 Å². The fourth-order valence-corrected chi connectivity index (χ4v) is 2.10. The molecule has 1 atom stereocenters. The van der Waals surface area contributed by atoms with Crippen molar-refractivity contribution in [1.82, 2.24) is 5.32 Å². The van der Waals surface area contributed by atoms with E-state index in [4.69, 9.17) is 5.73 Å². The average molecular weight is 281 g/mol. The molecule has 0 unspecified atom stereocenters. The number of thioether (sulfide) groups is 1. The number of nitrogens with zero attached hydrogens (tertiary/aromatic N) is 1. The van der Waals surface area contributed by atoms with Gasteiger partial charge in [0.2, 0.25) is 5.91 Å². The number of anilines is 1. The van der Waals surface area contributed by atoms with E-state index in [-0.39, 0.29) is 5.91 Å². The normalized spacial score (nSPS) is 12.0. The van der Waals surface area contributed by atoms with Crippen LogP contribution in [0.4, 0.5) is 5.69 Å². The van der Waals surface area contributed by atoms with Crippen molar-refractivity contribution in [3.63, 3.8) is 0 Å². The minimum absolute atomic E-state index is 0.0780. The highest BCUT2D eigenvalue weighted by molar-refractivity contribution is 7.98. The number of nitrogens with one attached hydrogen (secondary N) is 1. The Hall–Kier alpha value is -1.20. The van der Waals surface area contributed by atoms with Crippen LogP contribution in [0, 0.1) is 0 Å². The molecule has 19 heavy (non-hydrogen) atoms. The van der Waals surface area contributed by atoms with E-state index in [0.29, 0.717) is 13.0 Å². The Morgan fingerprint density at radius 3 is 2.53 bits per heavy atom. The standard InChI is InChI=1S/C14H23N3OS/c1-17(2)12-6-4-11(5-7-12)10-16-14(18)13(15)8-9-19-3/h4-7,13H,8-10,15H2,1-3H3,(H,16,18)/t13-/m1/s1. The molecular formula is C14H23N3OS. The number of nitrogens with two attached hydrogens (primary N) is 1. The zero-order valence-corrected chi connectivity index (χ0v) is 12.7. The van der Waals surface area contributed by atoms with E-state index in [1.54, 1.807) is 11.8 Å². The average Bonchev–Trinajstić information content (AvgIpc) is 2.42. The molecule has 0 aromatic heterocycles. The Labute approximate surface area is 119 Å². The van der Waals surface area contributed by atoms with Crippen molar-refractivity contribution < 1.29 is 4.79 Å². The molecule has 0 fully saturated rings. The summed E-state index contributed by atoms with van der Waals surface area (Å²) in [7, 11) is 4.00. The van der Waals surface area contributed by atoms with Gasteiger partial charge in [0.25, 0.3) is 0 Å². The molecule has 0 aliphatic heterocycles. The zero-order valence-electron chi connectivity index (χ0n) is 11.8. The summed E-state index contributed by atoms with van der Waals surface area (Å²) >= 11 is 1.70. The van der Waals surface area contributed by atoms with Crippen LogP contribution < -0.4 is 16.0 Å². The van der Waals surface area contributed by atoms with E-state index in [2.05, 4.69) is 5.32 Å². The maximum Gasteiger partial charge on any atom is 0.237 e. The van der Waals surface area contributed by atoms with Gasteiger partial charge in [-0.15, -0.1) is 0 Å². The fraction of sp³-hybridized carbons (Fsp3) is 0.500. The highest BCUT2D eigenvalue weighted by Crippen LogP contribution is 2.12. The van der Waals surface area contributed by atoms with Gasteiger partial charge in [-0.3, -0.25) is 4.79 Å². The molecule has 106 valence electrons. The van der Waals surface area contributed by atoms with E-state index in [0.717, 1.165) is 17.0 Å². The lowest BCUT2D eigenvalue weighted by atomic mass is 10.2. The number of carbonyl (C=O) groups excluding carboxylic acids is 1. The maximum absolute atomic E-state index is 11.7. The van der Waals surface area contributed by atoms with E-state index in [1.165, 1.54) is 0 Å². The third kappa shape index (κ3) is 5.53. The Morgan fingerprint density at radius 2 is 2.00 bits per heavy atom. The summed E-state index contributed by atoms with van der Waals surface area (Å²) in [6, 6.07) is 7.70. The van der Waals surface area contributed by atoms with Crippen LogP contribution in [0.15, 0.2) is 24.3 Å². The molecule has 1 aromatic rings. The van der Waals surface area contributed by atoms with Gasteiger partial charge in [0.05, 0.1) is 6.04 Å². The lowest BCUT2D eigenvalue weighted by Crippen LogP contribution is -2.40. The number of carbonyl (C=O) groups is 1. The van der Waals surface area contributed by atoms with E-state index in [9.17, 15) is 4.79 Å². The van der Waals surface area contributed by atoms with Crippen LogP contribution in [-0.2, 0) is 11.3 Å². The van der Waals surface area contributed by atoms with Crippen molar-refractivity contribution in [3.05, 3.63) is 29.8 Å². The molecule has 0 saturated carbocycles. The minimum Gasteiger partial charge on any atom is -0.378 e. The van der Waals surface area contributed by atoms with Gasteiger partial charge >= 0.3 is 0 Å². The summed E-state index contributed by atoms with van der Waals surface area (Å²) < 4.78 is 0. The van der Waals surface area contributed by atoms with E-state index < -0.39 is 6.04 Å². The smallest absolute Gasteiger partial charge is 0.237 e. The van der Waals surface area contributed by atoms with Crippen molar-refractivity contribution in [2.24, 2.45) is 5.73 Å².